The first-order valence-electron chi connectivity index (χ1n) is 12.4. The van der Waals surface area contributed by atoms with E-state index < -0.39 is 0 Å². The largest absolute Gasteiger partial charge is 0.355 e. The third-order valence-electron chi connectivity index (χ3n) is 7.38. The minimum atomic E-state index is -0.139. The SMILES string of the molecule is CCC1(C)CCN(c2cnc(Sc3ccc4nc(C)n(Cc5ccccc5)c(=O)c4c3Cl)cn2)CC1. The molecular weight excluding hydrogens is 490 g/mol. The molecule has 3 heterocycles. The summed E-state index contributed by atoms with van der Waals surface area (Å²) in [6, 6.07) is 13.6. The number of fused-ring (bicyclic) bond motifs is 1. The lowest BCUT2D eigenvalue weighted by Crippen LogP contribution is -2.38. The zero-order valence-electron chi connectivity index (χ0n) is 20.9. The van der Waals surface area contributed by atoms with Crippen molar-refractivity contribution in [2.24, 2.45) is 5.41 Å². The normalized spacial score (nSPS) is 15.4. The smallest absolute Gasteiger partial charge is 0.263 e. The van der Waals surface area contributed by atoms with Crippen LogP contribution >= 0.6 is 23.4 Å². The van der Waals surface area contributed by atoms with Crippen molar-refractivity contribution < 1.29 is 0 Å². The Morgan fingerprint density at radius 2 is 1.81 bits per heavy atom. The molecule has 2 aromatic heterocycles. The van der Waals surface area contributed by atoms with Crippen molar-refractivity contribution in [2.75, 3.05) is 18.0 Å². The second kappa shape index (κ2) is 10.2. The standard InChI is InChI=1S/C28H30ClN5OS/c1-4-28(3)12-14-33(15-13-28)23-16-31-24(17-30-23)36-22-11-10-21-25(26(22)29)27(35)34(19(2)32-21)18-20-8-6-5-7-9-20/h5-11,16-17H,4,12-15,18H2,1-3H3. The minimum absolute atomic E-state index is 0.139. The average molecular weight is 520 g/mol. The van der Waals surface area contributed by atoms with Crippen LogP contribution in [0.5, 0.6) is 0 Å². The number of aryl methyl sites for hydroxylation is 1. The van der Waals surface area contributed by atoms with Crippen molar-refractivity contribution in [1.29, 1.82) is 0 Å². The van der Waals surface area contributed by atoms with Gasteiger partial charge in [-0.2, -0.15) is 0 Å². The molecule has 0 spiro atoms. The Hall–Kier alpha value is -2.90. The van der Waals surface area contributed by atoms with Gasteiger partial charge in [-0.3, -0.25) is 9.36 Å². The molecule has 186 valence electrons. The predicted molar refractivity (Wildman–Crippen MR) is 147 cm³/mol. The van der Waals surface area contributed by atoms with Gasteiger partial charge < -0.3 is 4.90 Å². The van der Waals surface area contributed by atoms with Gasteiger partial charge in [-0.05, 0) is 42.9 Å². The third-order valence-corrected chi connectivity index (χ3v) is 8.86. The van der Waals surface area contributed by atoms with Crippen molar-refractivity contribution in [3.05, 3.63) is 81.6 Å². The molecule has 5 rings (SSSR count). The zero-order chi connectivity index (χ0) is 25.3. The molecule has 2 aromatic carbocycles. The predicted octanol–water partition coefficient (Wildman–Crippen LogP) is 6.36. The third kappa shape index (κ3) is 5.00. The summed E-state index contributed by atoms with van der Waals surface area (Å²) in [6.07, 6.45) is 7.17. The molecule has 0 amide bonds. The number of aromatic nitrogens is 4. The van der Waals surface area contributed by atoms with Crippen LogP contribution in [0.4, 0.5) is 5.82 Å². The van der Waals surface area contributed by atoms with E-state index in [1.54, 1.807) is 10.8 Å². The van der Waals surface area contributed by atoms with E-state index >= 15 is 0 Å². The summed E-state index contributed by atoms with van der Waals surface area (Å²) in [5, 5.41) is 1.57. The van der Waals surface area contributed by atoms with E-state index in [1.807, 2.05) is 55.6 Å². The molecule has 0 radical (unpaired) electrons. The number of rotatable bonds is 6. The highest BCUT2D eigenvalue weighted by molar-refractivity contribution is 7.99. The van der Waals surface area contributed by atoms with Gasteiger partial charge in [0, 0.05) is 18.0 Å². The van der Waals surface area contributed by atoms with Crippen LogP contribution in [0.25, 0.3) is 10.9 Å². The van der Waals surface area contributed by atoms with E-state index in [4.69, 9.17) is 11.6 Å². The highest BCUT2D eigenvalue weighted by Gasteiger charge is 2.28. The van der Waals surface area contributed by atoms with Crippen LogP contribution < -0.4 is 10.5 Å². The van der Waals surface area contributed by atoms with Crippen LogP contribution in [0.2, 0.25) is 5.02 Å². The van der Waals surface area contributed by atoms with Gasteiger partial charge in [0.1, 0.15) is 16.7 Å². The molecule has 6 nitrogen and oxygen atoms in total. The lowest BCUT2D eigenvalue weighted by atomic mass is 9.78. The molecule has 36 heavy (non-hydrogen) atoms. The van der Waals surface area contributed by atoms with E-state index in [0.29, 0.717) is 33.7 Å². The lowest BCUT2D eigenvalue weighted by Gasteiger charge is -2.39. The number of hydrogen-bond donors (Lipinski definition) is 0. The molecule has 0 unspecified atom stereocenters. The Labute approximate surface area is 220 Å². The van der Waals surface area contributed by atoms with Crippen molar-refractivity contribution >= 4 is 40.1 Å². The highest BCUT2D eigenvalue weighted by atomic mass is 35.5. The highest BCUT2D eigenvalue weighted by Crippen LogP contribution is 2.37. The fourth-order valence-electron chi connectivity index (χ4n) is 4.66. The fraction of sp³-hybridized carbons (Fsp3) is 0.357. The van der Waals surface area contributed by atoms with Crippen LogP contribution in [-0.2, 0) is 6.54 Å². The molecule has 0 N–H and O–H groups in total. The van der Waals surface area contributed by atoms with E-state index in [0.717, 1.165) is 34.4 Å². The molecular formula is C28H30ClN5OS. The van der Waals surface area contributed by atoms with Gasteiger partial charge in [-0.25, -0.2) is 15.0 Å². The van der Waals surface area contributed by atoms with Crippen LogP contribution in [0.1, 0.15) is 44.5 Å². The van der Waals surface area contributed by atoms with Crippen LogP contribution in [-0.4, -0.2) is 32.6 Å². The molecule has 1 aliphatic rings. The topological polar surface area (TPSA) is 63.9 Å². The first-order valence-corrected chi connectivity index (χ1v) is 13.5. The van der Waals surface area contributed by atoms with Gasteiger partial charge in [0.2, 0.25) is 0 Å². The van der Waals surface area contributed by atoms with E-state index in [2.05, 4.69) is 33.7 Å². The monoisotopic (exact) mass is 519 g/mol. The Morgan fingerprint density at radius 1 is 1.06 bits per heavy atom. The number of hydrogen-bond acceptors (Lipinski definition) is 6. The maximum absolute atomic E-state index is 13.5. The summed E-state index contributed by atoms with van der Waals surface area (Å²) >= 11 is 8.20. The molecule has 8 heteroatoms. The molecule has 1 fully saturated rings. The summed E-state index contributed by atoms with van der Waals surface area (Å²) < 4.78 is 1.68. The van der Waals surface area contributed by atoms with Gasteiger partial charge >= 0.3 is 0 Å². The summed E-state index contributed by atoms with van der Waals surface area (Å²) in [4.78, 5) is 30.5. The van der Waals surface area contributed by atoms with Gasteiger partial charge in [-0.1, -0.05) is 74.0 Å². The van der Waals surface area contributed by atoms with Crippen molar-refractivity contribution in [3.8, 4) is 0 Å². The van der Waals surface area contributed by atoms with E-state index in [9.17, 15) is 4.79 Å². The maximum atomic E-state index is 13.5. The number of halogens is 1. The summed E-state index contributed by atoms with van der Waals surface area (Å²) in [5.41, 5.74) is 1.93. The Balaban J connectivity index is 1.39. The van der Waals surface area contributed by atoms with Crippen LogP contribution in [0.15, 0.2) is 69.6 Å². The van der Waals surface area contributed by atoms with E-state index in [-0.39, 0.29) is 5.56 Å². The lowest BCUT2D eigenvalue weighted by molar-refractivity contribution is 0.237. The molecule has 4 aromatic rings. The van der Waals surface area contributed by atoms with Gasteiger partial charge in [-0.15, -0.1) is 0 Å². The Kier molecular flexibility index (Phi) is 7.04. The number of nitrogens with zero attached hydrogens (tertiary/aromatic N) is 5. The number of piperidine rings is 1. The van der Waals surface area contributed by atoms with Crippen molar-refractivity contribution in [1.82, 2.24) is 19.5 Å². The van der Waals surface area contributed by atoms with E-state index in [1.165, 1.54) is 31.0 Å². The van der Waals surface area contributed by atoms with Gasteiger partial charge in [0.25, 0.3) is 5.56 Å². The number of anilines is 1. The van der Waals surface area contributed by atoms with Crippen molar-refractivity contribution in [2.45, 2.75) is 56.5 Å². The fourth-order valence-corrected chi connectivity index (χ4v) is 5.78. The molecule has 1 aliphatic heterocycles. The molecule has 1 saturated heterocycles. The van der Waals surface area contributed by atoms with Crippen LogP contribution in [0.3, 0.4) is 0 Å². The van der Waals surface area contributed by atoms with Crippen molar-refractivity contribution in [3.63, 3.8) is 0 Å². The molecule has 0 saturated carbocycles. The summed E-state index contributed by atoms with van der Waals surface area (Å²) in [5.74, 6) is 1.57. The maximum Gasteiger partial charge on any atom is 0.263 e. The average Bonchev–Trinajstić information content (AvgIpc) is 2.89. The first kappa shape index (κ1) is 24.8. The molecule has 0 aliphatic carbocycles. The zero-order valence-corrected chi connectivity index (χ0v) is 22.4. The quantitative estimate of drug-likeness (QED) is 0.295. The second-order valence-electron chi connectivity index (χ2n) is 9.77. The Bertz CT molecular complexity index is 1430. The molecule has 0 atom stereocenters. The molecule has 0 bridgehead atoms. The Morgan fingerprint density at radius 3 is 2.47 bits per heavy atom. The second-order valence-corrected chi connectivity index (χ2v) is 11.2. The summed E-state index contributed by atoms with van der Waals surface area (Å²) in [6.45, 7) is 8.95. The summed E-state index contributed by atoms with van der Waals surface area (Å²) in [7, 11) is 0. The van der Waals surface area contributed by atoms with Gasteiger partial charge in [0.15, 0.2) is 0 Å². The number of benzene rings is 2. The minimum Gasteiger partial charge on any atom is -0.355 e. The first-order chi connectivity index (χ1) is 17.4. The van der Waals surface area contributed by atoms with Crippen LogP contribution in [0, 0.1) is 12.3 Å². The van der Waals surface area contributed by atoms with Gasteiger partial charge in [0.05, 0.1) is 34.9 Å².